The highest BCUT2D eigenvalue weighted by molar-refractivity contribution is 6.14. The molecule has 0 spiro atoms. The summed E-state index contributed by atoms with van der Waals surface area (Å²) in [5, 5.41) is 9.53. The highest BCUT2D eigenvalue weighted by Gasteiger charge is 2.23. The minimum absolute atomic E-state index is 0.568. The van der Waals surface area contributed by atoms with Crippen LogP contribution in [-0.2, 0) is 0 Å². The van der Waals surface area contributed by atoms with Crippen molar-refractivity contribution in [2.24, 2.45) is 0 Å². The van der Waals surface area contributed by atoms with Gasteiger partial charge in [-0.1, -0.05) is 200 Å². The van der Waals surface area contributed by atoms with Crippen molar-refractivity contribution in [1.29, 1.82) is 0 Å². The molecule has 6 nitrogen and oxygen atoms in total. The summed E-state index contributed by atoms with van der Waals surface area (Å²) < 4.78 is 7.14. The molecule has 4 aromatic heterocycles. The van der Waals surface area contributed by atoms with Crippen molar-refractivity contribution in [1.82, 2.24) is 23.7 Å². The smallest absolute Gasteiger partial charge is 0.235 e. The summed E-state index contributed by atoms with van der Waals surface area (Å²) in [7, 11) is 0. The average Bonchev–Trinajstić information content (AvgIpc) is 2.28. The first kappa shape index (κ1) is 49.0. The molecule has 6 heteroatoms. The predicted molar refractivity (Wildman–Crippen MR) is 359 cm³/mol. The van der Waals surface area contributed by atoms with Crippen molar-refractivity contribution in [2.75, 3.05) is 4.90 Å². The Morgan fingerprint density at radius 3 is 1.16 bits per heavy atom. The van der Waals surface area contributed by atoms with Crippen molar-refractivity contribution in [3.8, 4) is 61.8 Å². The quantitative estimate of drug-likeness (QED) is 0.137. The van der Waals surface area contributed by atoms with Gasteiger partial charge in [-0.3, -0.25) is 4.90 Å². The van der Waals surface area contributed by atoms with Crippen LogP contribution in [0.3, 0.4) is 0 Å². The molecule has 0 unspecified atom stereocenters. The third-order valence-electron chi connectivity index (χ3n) is 17.2. The van der Waals surface area contributed by atoms with Gasteiger partial charge in [0.2, 0.25) is 5.95 Å². The molecule has 0 aliphatic rings. The SMILES string of the molecule is c1ccc(-c2cc(-c3cccc(-n4c5ccccc5c5cc(-c6ccc7c(c6)c6ccccc6n7-c6ccccc6)ccc54)c3)nc(N(c3ccc(-c4ccc5c(c4)c4ccccc4n5-c4ccccc4)cc3)c3cccc4ccccc34)n2)cc1. The molecule has 4 heterocycles. The van der Waals surface area contributed by atoms with Crippen molar-refractivity contribution in [3.63, 3.8) is 0 Å². The van der Waals surface area contributed by atoms with Gasteiger partial charge in [0.25, 0.3) is 0 Å². The number of fused-ring (bicyclic) bond motifs is 10. The van der Waals surface area contributed by atoms with Crippen LogP contribution in [0, 0.1) is 0 Å². The second-order valence-corrected chi connectivity index (χ2v) is 22.2. The molecule has 0 bridgehead atoms. The molecule has 17 aromatic rings. The fourth-order valence-corrected chi connectivity index (χ4v) is 13.3. The minimum Gasteiger partial charge on any atom is -0.309 e. The summed E-state index contributed by atoms with van der Waals surface area (Å²) in [6.07, 6.45) is 0. The van der Waals surface area contributed by atoms with E-state index in [4.69, 9.17) is 9.97 Å². The summed E-state index contributed by atoms with van der Waals surface area (Å²) in [6.45, 7) is 0. The Kier molecular flexibility index (Phi) is 11.5. The van der Waals surface area contributed by atoms with Crippen LogP contribution in [0.15, 0.2) is 315 Å². The van der Waals surface area contributed by atoms with Gasteiger partial charge in [-0.2, -0.15) is 0 Å². The van der Waals surface area contributed by atoms with E-state index in [2.05, 4.69) is 334 Å². The van der Waals surface area contributed by atoms with Crippen LogP contribution in [-0.4, -0.2) is 23.7 Å². The summed E-state index contributed by atoms with van der Waals surface area (Å²) in [5.74, 6) is 0.568. The van der Waals surface area contributed by atoms with Gasteiger partial charge in [0, 0.05) is 71.6 Å². The molecule has 0 saturated carbocycles. The lowest BCUT2D eigenvalue weighted by Gasteiger charge is -2.26. The van der Waals surface area contributed by atoms with Crippen LogP contribution in [0.4, 0.5) is 17.3 Å². The summed E-state index contributed by atoms with van der Waals surface area (Å²) >= 11 is 0. The number of para-hydroxylation sites is 5. The van der Waals surface area contributed by atoms with E-state index in [1.165, 1.54) is 65.5 Å². The van der Waals surface area contributed by atoms with E-state index in [1.54, 1.807) is 0 Å². The summed E-state index contributed by atoms with van der Waals surface area (Å²) in [4.78, 5) is 13.3. The first-order chi connectivity index (χ1) is 42.6. The van der Waals surface area contributed by atoms with E-state index < -0.39 is 0 Å². The highest BCUT2D eigenvalue weighted by atomic mass is 15.3. The number of nitrogens with zero attached hydrogens (tertiary/aromatic N) is 6. The van der Waals surface area contributed by atoms with Gasteiger partial charge in [-0.15, -0.1) is 0 Å². The van der Waals surface area contributed by atoms with Crippen LogP contribution >= 0.6 is 0 Å². The molecule has 17 rings (SSSR count). The average molecular weight is 1100 g/mol. The Hall–Kier alpha value is -11.6. The lowest BCUT2D eigenvalue weighted by molar-refractivity contribution is 1.09. The molecule has 402 valence electrons. The maximum Gasteiger partial charge on any atom is 0.235 e. The van der Waals surface area contributed by atoms with E-state index in [9.17, 15) is 0 Å². The largest absolute Gasteiger partial charge is 0.309 e. The molecule has 0 N–H and O–H groups in total. The predicted octanol–water partition coefficient (Wildman–Crippen LogP) is 21.1. The summed E-state index contributed by atoms with van der Waals surface area (Å²) in [5.41, 5.74) is 20.5. The second-order valence-electron chi connectivity index (χ2n) is 22.2. The van der Waals surface area contributed by atoms with Gasteiger partial charge >= 0.3 is 0 Å². The minimum atomic E-state index is 0.568. The molecular weight excluding hydrogens is 1040 g/mol. The lowest BCUT2D eigenvalue weighted by Crippen LogP contribution is -2.15. The standard InChI is InChI=1S/C80H52N6/c1-4-21-55(22-5-1)71-52-72(59-24-18-29-63(48-59)85-76-36-17-14-33-67(76)70-51-58(42-47-79(70)85)57-41-46-78-69(50-57)66-32-13-16-35-75(66)84(78)61-27-8-3-9-28-61)82-80(81-71)86(73-37-19-23-54-20-10-11-30-64(54)73)62-43-38-53(39-44-62)56-40-45-77-68(49-56)65-31-12-15-34-74(65)83(77)60-25-6-2-7-26-60/h1-52H. The maximum atomic E-state index is 5.61. The number of rotatable bonds is 10. The molecule has 0 saturated heterocycles. The first-order valence-electron chi connectivity index (χ1n) is 29.3. The first-order valence-corrected chi connectivity index (χ1v) is 29.3. The molecule has 0 aliphatic carbocycles. The monoisotopic (exact) mass is 1100 g/mol. The maximum absolute atomic E-state index is 5.61. The Morgan fingerprint density at radius 1 is 0.233 bits per heavy atom. The van der Waals surface area contributed by atoms with Gasteiger partial charge in [0.1, 0.15) is 0 Å². The number of benzene rings is 13. The van der Waals surface area contributed by atoms with Crippen LogP contribution in [0.5, 0.6) is 0 Å². The third-order valence-corrected chi connectivity index (χ3v) is 17.2. The summed E-state index contributed by atoms with van der Waals surface area (Å²) in [6, 6.07) is 114. The Labute approximate surface area is 496 Å². The van der Waals surface area contributed by atoms with E-state index in [0.29, 0.717) is 5.95 Å². The lowest BCUT2D eigenvalue weighted by atomic mass is 10.0. The van der Waals surface area contributed by atoms with E-state index in [-0.39, 0.29) is 0 Å². The topological polar surface area (TPSA) is 43.8 Å². The highest BCUT2D eigenvalue weighted by Crippen LogP contribution is 2.43. The zero-order chi connectivity index (χ0) is 56.7. The van der Waals surface area contributed by atoms with Gasteiger partial charge in [0.15, 0.2) is 0 Å². The zero-order valence-electron chi connectivity index (χ0n) is 46.7. The van der Waals surface area contributed by atoms with Gasteiger partial charge in [0.05, 0.1) is 50.2 Å². The molecule has 13 aromatic carbocycles. The van der Waals surface area contributed by atoms with E-state index in [0.717, 1.165) is 83.9 Å². The molecule has 0 fully saturated rings. The molecule has 0 amide bonds. The van der Waals surface area contributed by atoms with Crippen LogP contribution in [0.1, 0.15) is 0 Å². The zero-order valence-corrected chi connectivity index (χ0v) is 46.7. The van der Waals surface area contributed by atoms with Gasteiger partial charge in [-0.25, -0.2) is 9.97 Å². The fourth-order valence-electron chi connectivity index (χ4n) is 13.3. The Balaban J connectivity index is 0.786. The van der Waals surface area contributed by atoms with Crippen molar-refractivity contribution in [2.45, 2.75) is 0 Å². The molecule has 0 radical (unpaired) electrons. The fraction of sp³-hybridized carbons (Fsp3) is 0. The van der Waals surface area contributed by atoms with Crippen molar-refractivity contribution >= 4 is 93.5 Å². The van der Waals surface area contributed by atoms with Gasteiger partial charge < -0.3 is 13.7 Å². The number of hydrogen-bond acceptors (Lipinski definition) is 3. The van der Waals surface area contributed by atoms with Crippen LogP contribution in [0.2, 0.25) is 0 Å². The molecule has 86 heavy (non-hydrogen) atoms. The third kappa shape index (κ3) is 8.10. The molecule has 0 atom stereocenters. The van der Waals surface area contributed by atoms with Crippen LogP contribution < -0.4 is 4.90 Å². The molecular formula is C80H52N6. The van der Waals surface area contributed by atoms with E-state index >= 15 is 0 Å². The van der Waals surface area contributed by atoms with Crippen molar-refractivity contribution < 1.29 is 0 Å². The number of aromatic nitrogens is 5. The van der Waals surface area contributed by atoms with Crippen molar-refractivity contribution in [3.05, 3.63) is 315 Å². The normalized spacial score (nSPS) is 11.7. The molecule has 0 aliphatic heterocycles. The van der Waals surface area contributed by atoms with Gasteiger partial charge in [-0.05, 0) is 143 Å². The Morgan fingerprint density at radius 2 is 0.616 bits per heavy atom. The van der Waals surface area contributed by atoms with E-state index in [1.807, 2.05) is 0 Å². The number of anilines is 3. The Bertz CT molecular complexity index is 5460. The number of hydrogen-bond donors (Lipinski definition) is 0. The second kappa shape index (κ2) is 20.1. The van der Waals surface area contributed by atoms with Crippen LogP contribution in [0.25, 0.3) is 138 Å².